The second kappa shape index (κ2) is 10.1. The minimum Gasteiger partial charge on any atom is -0.466 e. The lowest BCUT2D eigenvalue weighted by molar-refractivity contribution is -0.151. The van der Waals surface area contributed by atoms with Crippen molar-refractivity contribution in [1.29, 1.82) is 0 Å². The van der Waals surface area contributed by atoms with E-state index in [0.29, 0.717) is 48.6 Å². The van der Waals surface area contributed by atoms with Crippen LogP contribution in [0.1, 0.15) is 58.4 Å². The molecule has 172 valence electrons. The smallest absolute Gasteiger partial charge is 0.309 e. The molecular formula is C24H31N3O4S. The number of thioether (sulfide) groups is 1. The summed E-state index contributed by atoms with van der Waals surface area (Å²) < 4.78 is 6.95. The summed E-state index contributed by atoms with van der Waals surface area (Å²) in [6, 6.07) is 7.57. The molecule has 1 atom stereocenters. The van der Waals surface area contributed by atoms with Crippen LogP contribution in [0.3, 0.4) is 0 Å². The summed E-state index contributed by atoms with van der Waals surface area (Å²) in [4.78, 5) is 45.1. The van der Waals surface area contributed by atoms with E-state index >= 15 is 0 Å². The van der Waals surface area contributed by atoms with Crippen molar-refractivity contribution in [1.82, 2.24) is 14.5 Å². The highest BCUT2D eigenvalue weighted by atomic mass is 32.2. The Balaban J connectivity index is 1.51. The summed E-state index contributed by atoms with van der Waals surface area (Å²) in [6.45, 7) is 5.17. The van der Waals surface area contributed by atoms with E-state index in [2.05, 4.69) is 0 Å². The van der Waals surface area contributed by atoms with E-state index in [1.165, 1.54) is 11.8 Å². The predicted molar refractivity (Wildman–Crippen MR) is 125 cm³/mol. The molecule has 1 aromatic carbocycles. The van der Waals surface area contributed by atoms with Gasteiger partial charge in [0.2, 0.25) is 5.91 Å². The molecule has 2 aromatic rings. The Morgan fingerprint density at radius 1 is 1.16 bits per heavy atom. The van der Waals surface area contributed by atoms with Crippen molar-refractivity contribution in [2.24, 2.45) is 5.92 Å². The Morgan fingerprint density at radius 2 is 1.84 bits per heavy atom. The van der Waals surface area contributed by atoms with Crippen molar-refractivity contribution in [2.75, 3.05) is 19.7 Å². The zero-order valence-electron chi connectivity index (χ0n) is 18.8. The van der Waals surface area contributed by atoms with Gasteiger partial charge in [0.15, 0.2) is 5.16 Å². The van der Waals surface area contributed by atoms with Gasteiger partial charge in [-0.2, -0.15) is 0 Å². The average molecular weight is 458 g/mol. The zero-order valence-corrected chi connectivity index (χ0v) is 19.6. The molecule has 2 fully saturated rings. The molecule has 1 aromatic heterocycles. The van der Waals surface area contributed by atoms with Gasteiger partial charge < -0.3 is 9.64 Å². The van der Waals surface area contributed by atoms with E-state index in [1.807, 2.05) is 40.7 Å². The van der Waals surface area contributed by atoms with Gasteiger partial charge in [0.1, 0.15) is 0 Å². The number of hydrogen-bond acceptors (Lipinski definition) is 6. The van der Waals surface area contributed by atoms with Gasteiger partial charge in [-0.1, -0.05) is 36.7 Å². The molecule has 1 saturated heterocycles. The van der Waals surface area contributed by atoms with Crippen molar-refractivity contribution >= 4 is 34.5 Å². The first-order valence-electron chi connectivity index (χ1n) is 11.6. The first-order valence-corrected chi connectivity index (χ1v) is 12.5. The largest absolute Gasteiger partial charge is 0.466 e. The Hall–Kier alpha value is -2.35. The lowest BCUT2D eigenvalue weighted by Crippen LogP contribution is -2.43. The molecule has 2 aliphatic rings. The number of likely N-dealkylation sites (tertiary alicyclic amines) is 1. The molecule has 32 heavy (non-hydrogen) atoms. The number of aromatic nitrogens is 2. The highest BCUT2D eigenvalue weighted by Crippen LogP contribution is 2.34. The van der Waals surface area contributed by atoms with Gasteiger partial charge in [-0.15, -0.1) is 0 Å². The molecule has 1 aliphatic heterocycles. The lowest BCUT2D eigenvalue weighted by atomic mass is 9.97. The Morgan fingerprint density at radius 3 is 2.53 bits per heavy atom. The van der Waals surface area contributed by atoms with Crippen LogP contribution in [0, 0.1) is 5.92 Å². The minimum atomic E-state index is -0.366. The molecule has 0 radical (unpaired) electrons. The SMILES string of the molecule is CCOC(=O)C1CCN(C(=O)C(C)Sc2nc3ccccc3c(=O)n2C2CCCC2)CC1. The maximum Gasteiger partial charge on any atom is 0.309 e. The molecule has 7 nitrogen and oxygen atoms in total. The number of fused-ring (bicyclic) bond motifs is 1. The zero-order chi connectivity index (χ0) is 22.7. The monoisotopic (exact) mass is 457 g/mol. The van der Waals surface area contributed by atoms with E-state index in [1.54, 1.807) is 6.92 Å². The second-order valence-corrected chi connectivity index (χ2v) is 9.94. The molecule has 0 N–H and O–H groups in total. The number of rotatable bonds is 6. The normalized spacial score (nSPS) is 18.8. The van der Waals surface area contributed by atoms with E-state index in [-0.39, 0.29) is 34.6 Å². The van der Waals surface area contributed by atoms with Crippen LogP contribution >= 0.6 is 11.8 Å². The molecule has 1 aliphatic carbocycles. The second-order valence-electron chi connectivity index (χ2n) is 8.64. The van der Waals surface area contributed by atoms with Crippen LogP contribution in [0.4, 0.5) is 0 Å². The predicted octanol–water partition coefficient (Wildman–Crippen LogP) is 3.79. The van der Waals surface area contributed by atoms with Gasteiger partial charge in [-0.05, 0) is 51.7 Å². The number of hydrogen-bond donors (Lipinski definition) is 0. The van der Waals surface area contributed by atoms with Gasteiger partial charge in [-0.25, -0.2) is 4.98 Å². The summed E-state index contributed by atoms with van der Waals surface area (Å²) in [5.41, 5.74) is 0.657. The van der Waals surface area contributed by atoms with E-state index in [4.69, 9.17) is 9.72 Å². The number of carbonyl (C=O) groups excluding carboxylic acids is 2. The summed E-state index contributed by atoms with van der Waals surface area (Å²) in [6.07, 6.45) is 5.41. The van der Waals surface area contributed by atoms with E-state index in [9.17, 15) is 14.4 Å². The molecule has 1 saturated carbocycles. The lowest BCUT2D eigenvalue weighted by Gasteiger charge is -2.32. The fraction of sp³-hybridized carbons (Fsp3) is 0.583. The maximum atomic E-state index is 13.3. The fourth-order valence-electron chi connectivity index (χ4n) is 4.75. The third kappa shape index (κ3) is 4.70. The van der Waals surface area contributed by atoms with Crippen LogP contribution in [0.2, 0.25) is 0 Å². The van der Waals surface area contributed by atoms with Crippen LogP contribution in [-0.4, -0.2) is 51.3 Å². The number of amides is 1. The summed E-state index contributed by atoms with van der Waals surface area (Å²) in [5.74, 6) is -0.266. The molecule has 1 unspecified atom stereocenters. The molecule has 2 heterocycles. The first-order chi connectivity index (χ1) is 15.5. The van der Waals surface area contributed by atoms with Crippen molar-refractivity contribution in [3.05, 3.63) is 34.6 Å². The highest BCUT2D eigenvalue weighted by molar-refractivity contribution is 8.00. The Bertz CT molecular complexity index is 1040. The Kier molecular flexibility index (Phi) is 7.18. The van der Waals surface area contributed by atoms with Crippen LogP contribution in [0.25, 0.3) is 10.9 Å². The van der Waals surface area contributed by atoms with Crippen molar-refractivity contribution < 1.29 is 14.3 Å². The van der Waals surface area contributed by atoms with Crippen molar-refractivity contribution in [2.45, 2.75) is 68.8 Å². The maximum absolute atomic E-state index is 13.3. The summed E-state index contributed by atoms with van der Waals surface area (Å²) >= 11 is 1.37. The first kappa shape index (κ1) is 22.8. The van der Waals surface area contributed by atoms with Crippen LogP contribution in [0.15, 0.2) is 34.2 Å². The minimum absolute atomic E-state index is 0.0140. The van der Waals surface area contributed by atoms with Gasteiger partial charge in [-0.3, -0.25) is 19.0 Å². The quantitative estimate of drug-likeness (QED) is 0.373. The third-order valence-electron chi connectivity index (χ3n) is 6.52. The number of piperidine rings is 1. The number of carbonyl (C=O) groups is 2. The molecule has 0 bridgehead atoms. The molecule has 1 amide bonds. The van der Waals surface area contributed by atoms with Gasteiger partial charge in [0.25, 0.3) is 5.56 Å². The molecule has 4 rings (SSSR count). The summed E-state index contributed by atoms with van der Waals surface area (Å²) in [7, 11) is 0. The number of benzene rings is 1. The number of ether oxygens (including phenoxy) is 1. The molecule has 0 spiro atoms. The fourth-order valence-corrected chi connectivity index (χ4v) is 5.82. The number of para-hydroxylation sites is 1. The van der Waals surface area contributed by atoms with E-state index < -0.39 is 0 Å². The Labute approximate surface area is 192 Å². The molecule has 8 heteroatoms. The van der Waals surface area contributed by atoms with E-state index in [0.717, 1.165) is 25.7 Å². The van der Waals surface area contributed by atoms with Crippen LogP contribution in [-0.2, 0) is 14.3 Å². The highest BCUT2D eigenvalue weighted by Gasteiger charge is 2.32. The van der Waals surface area contributed by atoms with Crippen LogP contribution < -0.4 is 5.56 Å². The van der Waals surface area contributed by atoms with Gasteiger partial charge in [0.05, 0.1) is 28.7 Å². The van der Waals surface area contributed by atoms with Crippen LogP contribution in [0.5, 0.6) is 0 Å². The van der Waals surface area contributed by atoms with Crippen molar-refractivity contribution in [3.63, 3.8) is 0 Å². The molecular weight excluding hydrogens is 426 g/mol. The summed E-state index contributed by atoms with van der Waals surface area (Å²) in [5, 5.41) is 0.890. The standard InChI is InChI=1S/C24H31N3O4S/c1-3-31-23(30)17-12-14-26(15-13-17)21(28)16(2)32-24-25-20-11-7-6-10-19(20)22(29)27(24)18-8-4-5-9-18/h6-7,10-11,16-18H,3-5,8-9,12-15H2,1-2H3. The number of esters is 1. The average Bonchev–Trinajstić information content (AvgIpc) is 3.33. The topological polar surface area (TPSA) is 81.5 Å². The van der Waals surface area contributed by atoms with Crippen molar-refractivity contribution in [3.8, 4) is 0 Å². The van der Waals surface area contributed by atoms with Gasteiger partial charge >= 0.3 is 5.97 Å². The number of nitrogens with zero attached hydrogens (tertiary/aromatic N) is 3. The third-order valence-corrected chi connectivity index (χ3v) is 7.58. The van der Waals surface area contributed by atoms with Gasteiger partial charge in [0, 0.05) is 19.1 Å².